The first-order chi connectivity index (χ1) is 16.4. The number of hydrogen-bond donors (Lipinski definition) is 1. The van der Waals surface area contributed by atoms with Crippen LogP contribution in [0.25, 0.3) is 0 Å². The molecule has 0 fully saturated rings. The zero-order valence-electron chi connectivity index (χ0n) is 21.5. The molecule has 0 saturated carbocycles. The lowest BCUT2D eigenvalue weighted by atomic mass is 10.1. The van der Waals surface area contributed by atoms with E-state index in [2.05, 4.69) is 4.74 Å². The quantitative estimate of drug-likeness (QED) is 0.338. The molecule has 1 rings (SSSR count). The molecule has 2 N–H and O–H groups in total. The second-order valence-corrected chi connectivity index (χ2v) is 8.47. The highest BCUT2D eigenvalue weighted by molar-refractivity contribution is 5.79. The Balaban J connectivity index is 2.99. The average molecular weight is 496 g/mol. The maximum atomic E-state index is 12.5. The van der Waals surface area contributed by atoms with E-state index < -0.39 is 42.3 Å². The summed E-state index contributed by atoms with van der Waals surface area (Å²) in [5.74, 6) is -2.13. The predicted octanol–water partition coefficient (Wildman–Crippen LogP) is 3.56. The van der Waals surface area contributed by atoms with Gasteiger partial charge in [-0.15, -0.1) is 0 Å². The van der Waals surface area contributed by atoms with E-state index in [4.69, 9.17) is 24.7 Å². The summed E-state index contributed by atoms with van der Waals surface area (Å²) in [6.07, 6.45) is -1.17. The maximum Gasteiger partial charge on any atom is 0.508 e. The summed E-state index contributed by atoms with van der Waals surface area (Å²) in [6.45, 7) is 10.3. The van der Waals surface area contributed by atoms with Crippen molar-refractivity contribution in [2.45, 2.75) is 79.1 Å². The average Bonchev–Trinajstić information content (AvgIpc) is 2.83. The van der Waals surface area contributed by atoms with Gasteiger partial charge in [-0.05, 0) is 50.8 Å². The summed E-state index contributed by atoms with van der Waals surface area (Å²) >= 11 is 0. The van der Waals surface area contributed by atoms with Crippen molar-refractivity contribution in [2.24, 2.45) is 17.6 Å². The van der Waals surface area contributed by atoms with E-state index in [0.29, 0.717) is 18.4 Å². The van der Waals surface area contributed by atoms with E-state index in [-0.39, 0.29) is 29.8 Å². The van der Waals surface area contributed by atoms with Crippen LogP contribution in [0.1, 0.15) is 59.9 Å². The van der Waals surface area contributed by atoms with Crippen molar-refractivity contribution in [1.29, 1.82) is 0 Å². The number of methoxy groups -OCH3 is 1. The number of benzene rings is 1. The standard InChI is InChI=1S/C25H37NO9/c1-8-14(3)22(27)34-20-11-10-18(13-21(20)35-23(28)15(4)9-2)12-19(26)24(29)32-16(5)17(6)33-25(30)31-7/h10-11,13-17,19H,8-9,12,26H2,1-7H3/t14?,15?,16-,17?,19-/m0/s1. The second-order valence-electron chi connectivity index (χ2n) is 8.47. The molecule has 0 amide bonds. The van der Waals surface area contributed by atoms with Crippen molar-refractivity contribution >= 4 is 24.1 Å². The van der Waals surface area contributed by atoms with Crippen molar-refractivity contribution in [3.63, 3.8) is 0 Å². The van der Waals surface area contributed by atoms with Gasteiger partial charge < -0.3 is 29.4 Å². The molecule has 3 unspecified atom stereocenters. The third kappa shape index (κ3) is 9.56. The molecule has 0 aliphatic heterocycles. The molecule has 35 heavy (non-hydrogen) atoms. The molecule has 0 aliphatic carbocycles. The van der Waals surface area contributed by atoms with Gasteiger partial charge in [-0.3, -0.25) is 14.4 Å². The van der Waals surface area contributed by atoms with Crippen molar-refractivity contribution in [2.75, 3.05) is 7.11 Å². The number of ether oxygens (including phenoxy) is 5. The predicted molar refractivity (Wildman–Crippen MR) is 127 cm³/mol. The Morgan fingerprint density at radius 2 is 1.31 bits per heavy atom. The molecule has 0 bridgehead atoms. The zero-order chi connectivity index (χ0) is 26.7. The third-order valence-electron chi connectivity index (χ3n) is 5.63. The molecule has 0 spiro atoms. The summed E-state index contributed by atoms with van der Waals surface area (Å²) in [7, 11) is 1.17. The molecule has 0 radical (unpaired) electrons. The number of rotatable bonds is 12. The second kappa shape index (κ2) is 14.3. The van der Waals surface area contributed by atoms with Crippen LogP contribution < -0.4 is 15.2 Å². The highest BCUT2D eigenvalue weighted by atomic mass is 16.7. The Kier molecular flexibility index (Phi) is 12.2. The van der Waals surface area contributed by atoms with Gasteiger partial charge in [0.1, 0.15) is 18.2 Å². The van der Waals surface area contributed by atoms with Gasteiger partial charge in [0.15, 0.2) is 11.5 Å². The number of nitrogens with two attached hydrogens (primary N) is 1. The largest absolute Gasteiger partial charge is 0.508 e. The van der Waals surface area contributed by atoms with Crippen LogP contribution in [-0.2, 0) is 35.0 Å². The lowest BCUT2D eigenvalue weighted by molar-refractivity contribution is -0.155. The topological polar surface area (TPSA) is 140 Å². The van der Waals surface area contributed by atoms with Crippen molar-refractivity contribution in [1.82, 2.24) is 0 Å². The Labute approximate surface area is 206 Å². The zero-order valence-corrected chi connectivity index (χ0v) is 21.5. The van der Waals surface area contributed by atoms with Crippen LogP contribution in [0.15, 0.2) is 18.2 Å². The summed E-state index contributed by atoms with van der Waals surface area (Å²) in [5.41, 5.74) is 6.59. The van der Waals surface area contributed by atoms with Crippen LogP contribution in [0.2, 0.25) is 0 Å². The molecule has 5 atom stereocenters. The molecule has 0 heterocycles. The molecule has 1 aromatic rings. The highest BCUT2D eigenvalue weighted by Crippen LogP contribution is 2.31. The fourth-order valence-corrected chi connectivity index (χ4v) is 2.59. The van der Waals surface area contributed by atoms with Crippen LogP contribution in [0.4, 0.5) is 4.79 Å². The summed E-state index contributed by atoms with van der Waals surface area (Å²) < 4.78 is 25.6. The van der Waals surface area contributed by atoms with Crippen molar-refractivity contribution < 1.29 is 42.9 Å². The first-order valence-electron chi connectivity index (χ1n) is 11.7. The number of carbonyl (C=O) groups is 4. The lowest BCUT2D eigenvalue weighted by Gasteiger charge is -2.22. The molecular formula is C25H37NO9. The van der Waals surface area contributed by atoms with Gasteiger partial charge in [0, 0.05) is 0 Å². The Hall–Kier alpha value is -3.14. The monoisotopic (exact) mass is 495 g/mol. The highest BCUT2D eigenvalue weighted by Gasteiger charge is 2.25. The Morgan fingerprint density at radius 3 is 1.83 bits per heavy atom. The van der Waals surface area contributed by atoms with Gasteiger partial charge in [-0.2, -0.15) is 0 Å². The van der Waals surface area contributed by atoms with Crippen LogP contribution in [0.5, 0.6) is 11.5 Å². The normalized spacial score (nSPS) is 15.1. The molecule has 1 aromatic carbocycles. The van der Waals surface area contributed by atoms with E-state index in [1.54, 1.807) is 33.8 Å². The van der Waals surface area contributed by atoms with E-state index in [1.165, 1.54) is 19.2 Å². The van der Waals surface area contributed by atoms with Crippen LogP contribution in [0.3, 0.4) is 0 Å². The first kappa shape index (κ1) is 29.9. The summed E-state index contributed by atoms with van der Waals surface area (Å²) in [6, 6.07) is 3.59. The molecule has 196 valence electrons. The maximum absolute atomic E-state index is 12.5. The number of hydrogen-bond acceptors (Lipinski definition) is 10. The van der Waals surface area contributed by atoms with Gasteiger partial charge in [0.05, 0.1) is 18.9 Å². The van der Waals surface area contributed by atoms with Gasteiger partial charge in [0.25, 0.3) is 0 Å². The smallest absolute Gasteiger partial charge is 0.458 e. The van der Waals surface area contributed by atoms with Gasteiger partial charge in [-0.1, -0.05) is 33.8 Å². The van der Waals surface area contributed by atoms with E-state index in [1.807, 2.05) is 13.8 Å². The number of esters is 3. The Morgan fingerprint density at radius 1 is 0.800 bits per heavy atom. The van der Waals surface area contributed by atoms with Crippen molar-refractivity contribution in [3.05, 3.63) is 23.8 Å². The first-order valence-corrected chi connectivity index (χ1v) is 11.7. The third-order valence-corrected chi connectivity index (χ3v) is 5.63. The Bertz CT molecular complexity index is 886. The molecule has 0 aliphatic rings. The fourth-order valence-electron chi connectivity index (χ4n) is 2.59. The van der Waals surface area contributed by atoms with Crippen molar-refractivity contribution in [3.8, 4) is 11.5 Å². The minimum absolute atomic E-state index is 0.0608. The van der Waals surface area contributed by atoms with Crippen LogP contribution >= 0.6 is 0 Å². The molecule has 0 aromatic heterocycles. The molecule has 10 heteroatoms. The summed E-state index contributed by atoms with van der Waals surface area (Å²) in [4.78, 5) is 48.4. The minimum atomic E-state index is -1.05. The van der Waals surface area contributed by atoms with E-state index in [9.17, 15) is 19.2 Å². The van der Waals surface area contributed by atoms with E-state index >= 15 is 0 Å². The SMILES string of the molecule is CCC(C)C(=O)Oc1ccc(C[C@H](N)C(=O)O[C@@H](C)C(C)OC(=O)OC)cc1OC(=O)C(C)CC. The molecular weight excluding hydrogens is 458 g/mol. The van der Waals surface area contributed by atoms with Crippen LogP contribution in [-0.4, -0.2) is 49.4 Å². The van der Waals surface area contributed by atoms with E-state index in [0.717, 1.165) is 0 Å². The number of carbonyl (C=O) groups excluding carboxylic acids is 4. The summed E-state index contributed by atoms with van der Waals surface area (Å²) in [5, 5.41) is 0. The van der Waals surface area contributed by atoms with Gasteiger partial charge >= 0.3 is 24.1 Å². The van der Waals surface area contributed by atoms with Gasteiger partial charge in [-0.25, -0.2) is 4.79 Å². The van der Waals surface area contributed by atoms with Crippen LogP contribution in [0, 0.1) is 11.8 Å². The molecule has 0 saturated heterocycles. The fraction of sp³-hybridized carbons (Fsp3) is 0.600. The lowest BCUT2D eigenvalue weighted by Crippen LogP contribution is -2.39. The molecule has 10 nitrogen and oxygen atoms in total. The minimum Gasteiger partial charge on any atom is -0.458 e. The van der Waals surface area contributed by atoms with Gasteiger partial charge in [0.2, 0.25) is 0 Å².